The van der Waals surface area contributed by atoms with Crippen molar-refractivity contribution in [2.24, 2.45) is 5.92 Å². The van der Waals surface area contributed by atoms with E-state index in [4.69, 9.17) is 4.74 Å². The molecule has 3 aromatic rings. The first-order chi connectivity index (χ1) is 17.9. The molecule has 2 bridgehead atoms. The Kier molecular flexibility index (Phi) is 6.70. The van der Waals surface area contributed by atoms with Gasteiger partial charge in [0.1, 0.15) is 11.4 Å². The van der Waals surface area contributed by atoms with Crippen molar-refractivity contribution in [2.75, 3.05) is 13.6 Å². The molecule has 1 unspecified atom stereocenters. The maximum Gasteiger partial charge on any atom is 0.410 e. The number of amides is 2. The van der Waals surface area contributed by atoms with E-state index < -0.39 is 11.4 Å². The normalized spacial score (nSPS) is 21.3. The number of rotatable bonds is 4. The largest absolute Gasteiger partial charge is 0.444 e. The van der Waals surface area contributed by atoms with Crippen molar-refractivity contribution in [2.45, 2.75) is 77.5 Å². The standard InChI is InChI=1S/C30H37FN4O3/c1-18(2)33(6)28(36)24-13-20(31)8-10-26(24)35-17-25(22-11-12-32-15-27(22)35)23-14-21-9-7-19(23)16-34(21)29(37)38-30(3,4)5/h8,10-13,15,17-19,21,23H,7,9,14,16H2,1-6H3/t19-,21-,23?/m0/s1. The topological polar surface area (TPSA) is 67.7 Å². The lowest BCUT2D eigenvalue weighted by molar-refractivity contribution is -0.0178. The smallest absolute Gasteiger partial charge is 0.410 e. The second kappa shape index (κ2) is 9.71. The van der Waals surface area contributed by atoms with Gasteiger partial charge in [-0.2, -0.15) is 0 Å². The Morgan fingerprint density at radius 1 is 1.18 bits per heavy atom. The molecule has 1 aromatic carbocycles. The summed E-state index contributed by atoms with van der Waals surface area (Å²) in [6.45, 7) is 10.2. The first kappa shape index (κ1) is 26.2. The Balaban J connectivity index is 1.54. The Labute approximate surface area is 223 Å². The fourth-order valence-electron chi connectivity index (χ4n) is 5.95. The third kappa shape index (κ3) is 4.76. The molecule has 8 heteroatoms. The molecule has 7 nitrogen and oxygen atoms in total. The summed E-state index contributed by atoms with van der Waals surface area (Å²) >= 11 is 0. The number of hydrogen-bond donors (Lipinski definition) is 0. The van der Waals surface area contributed by atoms with Crippen molar-refractivity contribution in [1.29, 1.82) is 0 Å². The summed E-state index contributed by atoms with van der Waals surface area (Å²) in [7, 11) is 1.73. The zero-order chi connectivity index (χ0) is 27.4. The second-order valence-electron chi connectivity index (χ2n) is 12.0. The van der Waals surface area contributed by atoms with Crippen LogP contribution in [0.3, 0.4) is 0 Å². The predicted molar refractivity (Wildman–Crippen MR) is 145 cm³/mol. The Bertz CT molecular complexity index is 1380. The maximum absolute atomic E-state index is 14.4. The number of carbonyl (C=O) groups excluding carboxylic acids is 2. The second-order valence-corrected chi connectivity index (χ2v) is 12.0. The van der Waals surface area contributed by atoms with Crippen LogP contribution in [0, 0.1) is 11.7 Å². The molecular formula is C30H37FN4O3. The average Bonchev–Trinajstić information content (AvgIpc) is 3.26. The molecule has 3 atom stereocenters. The summed E-state index contributed by atoms with van der Waals surface area (Å²) < 4.78 is 22.0. The van der Waals surface area contributed by atoms with Crippen LogP contribution in [0.4, 0.5) is 9.18 Å². The lowest BCUT2D eigenvalue weighted by Gasteiger charge is -2.49. The van der Waals surface area contributed by atoms with Crippen LogP contribution in [-0.4, -0.2) is 62.6 Å². The lowest BCUT2D eigenvalue weighted by Crippen LogP contribution is -2.54. The number of hydrogen-bond acceptors (Lipinski definition) is 4. The van der Waals surface area contributed by atoms with Gasteiger partial charge in [-0.05, 0) is 95.5 Å². The zero-order valence-corrected chi connectivity index (χ0v) is 23.1. The van der Waals surface area contributed by atoms with Crippen molar-refractivity contribution in [1.82, 2.24) is 19.4 Å². The van der Waals surface area contributed by atoms with Crippen LogP contribution < -0.4 is 0 Å². The molecule has 38 heavy (non-hydrogen) atoms. The number of piperidine rings is 2. The number of pyridine rings is 1. The van der Waals surface area contributed by atoms with E-state index in [-0.39, 0.29) is 30.0 Å². The first-order valence-electron chi connectivity index (χ1n) is 13.5. The van der Waals surface area contributed by atoms with E-state index in [1.54, 1.807) is 30.4 Å². The minimum Gasteiger partial charge on any atom is -0.444 e. The van der Waals surface area contributed by atoms with Crippen LogP contribution in [0.5, 0.6) is 0 Å². The summed E-state index contributed by atoms with van der Waals surface area (Å²) in [4.78, 5) is 34.2. The molecule has 3 aliphatic rings. The van der Waals surface area contributed by atoms with Crippen LogP contribution in [-0.2, 0) is 4.74 Å². The summed E-state index contributed by atoms with van der Waals surface area (Å²) in [6, 6.07) is 6.50. The minimum atomic E-state index is -0.526. The minimum absolute atomic E-state index is 0.0250. The average molecular weight is 521 g/mol. The molecule has 3 fully saturated rings. The summed E-state index contributed by atoms with van der Waals surface area (Å²) in [5.41, 5.74) is 2.47. The number of benzene rings is 1. The molecule has 0 spiro atoms. The van der Waals surface area contributed by atoms with Gasteiger partial charge in [0.15, 0.2) is 0 Å². The van der Waals surface area contributed by atoms with Crippen LogP contribution in [0.2, 0.25) is 0 Å². The Hall–Kier alpha value is -3.42. The fraction of sp³-hybridized carbons (Fsp3) is 0.500. The molecule has 6 rings (SSSR count). The van der Waals surface area contributed by atoms with Gasteiger partial charge in [-0.1, -0.05) is 0 Å². The van der Waals surface area contributed by atoms with E-state index in [1.807, 2.05) is 50.2 Å². The van der Waals surface area contributed by atoms with E-state index in [2.05, 4.69) is 11.2 Å². The quantitative estimate of drug-likeness (QED) is 0.414. The van der Waals surface area contributed by atoms with Crippen molar-refractivity contribution in [3.63, 3.8) is 0 Å². The molecule has 4 heterocycles. The van der Waals surface area contributed by atoms with Crippen molar-refractivity contribution in [3.8, 4) is 5.69 Å². The van der Waals surface area contributed by atoms with E-state index in [9.17, 15) is 14.0 Å². The monoisotopic (exact) mass is 520 g/mol. The molecular weight excluding hydrogens is 483 g/mol. The van der Waals surface area contributed by atoms with Gasteiger partial charge in [-0.25, -0.2) is 9.18 Å². The van der Waals surface area contributed by atoms with Gasteiger partial charge >= 0.3 is 6.09 Å². The van der Waals surface area contributed by atoms with Crippen LogP contribution in [0.15, 0.2) is 42.9 Å². The number of fused-ring (bicyclic) bond motifs is 4. The van der Waals surface area contributed by atoms with Gasteiger partial charge in [0.2, 0.25) is 0 Å². The number of aromatic nitrogens is 2. The summed E-state index contributed by atoms with van der Waals surface area (Å²) in [5, 5.41) is 1.07. The third-order valence-corrected chi connectivity index (χ3v) is 8.05. The molecule has 0 N–H and O–H groups in total. The molecule has 202 valence electrons. The van der Waals surface area contributed by atoms with Crippen molar-refractivity contribution < 1.29 is 18.7 Å². The molecule has 1 aliphatic carbocycles. The van der Waals surface area contributed by atoms with Gasteiger partial charge < -0.3 is 19.1 Å². The van der Waals surface area contributed by atoms with Crippen molar-refractivity contribution in [3.05, 3.63) is 59.8 Å². The number of carbonyl (C=O) groups is 2. The fourth-order valence-corrected chi connectivity index (χ4v) is 5.95. The molecule has 1 saturated carbocycles. The lowest BCUT2D eigenvalue weighted by atomic mass is 9.69. The van der Waals surface area contributed by atoms with Gasteiger partial charge in [-0.3, -0.25) is 9.78 Å². The SMILES string of the molecule is CC(C)N(C)C(=O)c1cc(F)ccc1-n1cc(C2C[C@@H]3CC[C@H]2CN3C(=O)OC(C)(C)C)c2ccncc21. The highest BCUT2D eigenvalue weighted by Crippen LogP contribution is 2.47. The van der Waals surface area contributed by atoms with Gasteiger partial charge in [0.25, 0.3) is 5.91 Å². The summed E-state index contributed by atoms with van der Waals surface area (Å²) in [5.74, 6) is -0.111. The number of halogens is 1. The van der Waals surface area contributed by atoms with Crippen LogP contribution >= 0.6 is 0 Å². The molecule has 2 aromatic heterocycles. The highest BCUT2D eigenvalue weighted by molar-refractivity contribution is 5.99. The highest BCUT2D eigenvalue weighted by atomic mass is 19.1. The maximum atomic E-state index is 14.4. The van der Waals surface area contributed by atoms with E-state index in [0.717, 1.165) is 30.2 Å². The first-order valence-corrected chi connectivity index (χ1v) is 13.5. The molecule has 2 saturated heterocycles. The predicted octanol–water partition coefficient (Wildman–Crippen LogP) is 6.15. The van der Waals surface area contributed by atoms with E-state index in [1.165, 1.54) is 17.7 Å². The summed E-state index contributed by atoms with van der Waals surface area (Å²) in [6.07, 6.45) is 8.32. The van der Waals surface area contributed by atoms with Crippen LogP contribution in [0.25, 0.3) is 16.6 Å². The Morgan fingerprint density at radius 3 is 2.61 bits per heavy atom. The molecule has 2 aliphatic heterocycles. The van der Waals surface area contributed by atoms with Crippen LogP contribution in [0.1, 0.15) is 75.7 Å². The van der Waals surface area contributed by atoms with Gasteiger partial charge in [0, 0.05) is 43.5 Å². The van der Waals surface area contributed by atoms with Crippen molar-refractivity contribution >= 4 is 22.9 Å². The highest BCUT2D eigenvalue weighted by Gasteiger charge is 2.45. The molecule has 0 radical (unpaired) electrons. The van der Waals surface area contributed by atoms with E-state index in [0.29, 0.717) is 23.7 Å². The third-order valence-electron chi connectivity index (χ3n) is 8.05. The van der Waals surface area contributed by atoms with E-state index >= 15 is 0 Å². The zero-order valence-electron chi connectivity index (χ0n) is 23.1. The number of ether oxygens (including phenoxy) is 1. The van der Waals surface area contributed by atoms with Gasteiger partial charge in [0.05, 0.1) is 23.0 Å². The number of nitrogens with zero attached hydrogens (tertiary/aromatic N) is 4. The molecule has 2 amide bonds. The Morgan fingerprint density at radius 2 is 1.95 bits per heavy atom. The van der Waals surface area contributed by atoms with Gasteiger partial charge in [-0.15, -0.1) is 0 Å².